The number of morpholine rings is 1. The molecule has 2 aromatic heterocycles. The maximum absolute atomic E-state index is 13.1. The molecule has 1 aromatic carbocycles. The highest BCUT2D eigenvalue weighted by molar-refractivity contribution is 7.99. The molecule has 7 nitrogen and oxygen atoms in total. The molecule has 3 heterocycles. The van der Waals surface area contributed by atoms with Crippen LogP contribution in [0.15, 0.2) is 52.2 Å². The van der Waals surface area contributed by atoms with Gasteiger partial charge in [0.1, 0.15) is 5.76 Å². The lowest BCUT2D eigenvalue weighted by molar-refractivity contribution is -0.146. The highest BCUT2D eigenvalue weighted by Crippen LogP contribution is 2.32. The van der Waals surface area contributed by atoms with E-state index in [0.29, 0.717) is 29.9 Å². The first kappa shape index (κ1) is 20.3. The third-order valence-corrected chi connectivity index (χ3v) is 7.04. The molecule has 2 fully saturated rings. The molecular formula is C23H26N4O3S. The zero-order valence-electron chi connectivity index (χ0n) is 17.6. The second-order valence-electron chi connectivity index (χ2n) is 8.00. The molecule has 1 aliphatic heterocycles. The average molecular weight is 439 g/mol. The van der Waals surface area contributed by atoms with Crippen LogP contribution in [0.2, 0.25) is 0 Å². The highest BCUT2D eigenvalue weighted by atomic mass is 32.2. The van der Waals surface area contributed by atoms with Crippen molar-refractivity contribution in [1.82, 2.24) is 19.7 Å². The van der Waals surface area contributed by atoms with E-state index in [1.165, 1.54) is 18.2 Å². The van der Waals surface area contributed by atoms with Crippen molar-refractivity contribution in [1.29, 1.82) is 0 Å². The Labute approximate surface area is 185 Å². The van der Waals surface area contributed by atoms with Gasteiger partial charge in [-0.2, -0.15) is 0 Å². The normalized spacial score (nSPS) is 21.1. The summed E-state index contributed by atoms with van der Waals surface area (Å²) in [7, 11) is 0. The Morgan fingerprint density at radius 1 is 1.16 bits per heavy atom. The van der Waals surface area contributed by atoms with Crippen molar-refractivity contribution in [2.24, 2.45) is 0 Å². The van der Waals surface area contributed by atoms with Crippen LogP contribution < -0.4 is 0 Å². The Morgan fingerprint density at radius 3 is 2.81 bits per heavy atom. The van der Waals surface area contributed by atoms with Gasteiger partial charge in [0.2, 0.25) is 5.91 Å². The van der Waals surface area contributed by atoms with Gasteiger partial charge in [0, 0.05) is 12.2 Å². The molecule has 5 rings (SSSR count). The number of ether oxygens (including phenoxy) is 1. The SMILES string of the molecule is Cc1occc1-c1nnc(SCC(=O)N2CCOC3CCCCC32)n1-c1ccccc1. The summed E-state index contributed by atoms with van der Waals surface area (Å²) in [6.07, 6.45) is 6.29. The van der Waals surface area contributed by atoms with E-state index in [4.69, 9.17) is 9.15 Å². The Morgan fingerprint density at radius 2 is 2.00 bits per heavy atom. The number of amides is 1. The summed E-state index contributed by atoms with van der Waals surface area (Å²) in [6.45, 7) is 3.21. The van der Waals surface area contributed by atoms with Gasteiger partial charge in [-0.05, 0) is 38.0 Å². The lowest BCUT2D eigenvalue weighted by atomic mass is 9.90. The summed E-state index contributed by atoms with van der Waals surface area (Å²) in [5, 5.41) is 9.56. The van der Waals surface area contributed by atoms with Crippen molar-refractivity contribution >= 4 is 17.7 Å². The van der Waals surface area contributed by atoms with E-state index in [-0.39, 0.29) is 18.1 Å². The van der Waals surface area contributed by atoms with Crippen molar-refractivity contribution in [3.8, 4) is 17.1 Å². The third kappa shape index (κ3) is 4.02. The van der Waals surface area contributed by atoms with Crippen molar-refractivity contribution in [3.05, 3.63) is 48.4 Å². The zero-order chi connectivity index (χ0) is 21.2. The Balaban J connectivity index is 1.39. The Hall–Kier alpha value is -2.58. The molecule has 1 aliphatic carbocycles. The molecule has 1 saturated heterocycles. The molecule has 0 N–H and O–H groups in total. The molecule has 1 saturated carbocycles. The van der Waals surface area contributed by atoms with Gasteiger partial charge in [-0.3, -0.25) is 9.36 Å². The topological polar surface area (TPSA) is 73.4 Å². The van der Waals surface area contributed by atoms with Crippen LogP contribution in [0.4, 0.5) is 0 Å². The molecule has 3 aromatic rings. The van der Waals surface area contributed by atoms with Gasteiger partial charge in [0.25, 0.3) is 0 Å². The van der Waals surface area contributed by atoms with E-state index in [2.05, 4.69) is 10.2 Å². The number of fused-ring (bicyclic) bond motifs is 1. The lowest BCUT2D eigenvalue weighted by Crippen LogP contribution is -2.55. The van der Waals surface area contributed by atoms with Crippen LogP contribution in [0.5, 0.6) is 0 Å². The van der Waals surface area contributed by atoms with Gasteiger partial charge in [0.15, 0.2) is 11.0 Å². The number of rotatable bonds is 5. The summed E-state index contributed by atoms with van der Waals surface area (Å²) in [4.78, 5) is 15.2. The Bertz CT molecular complexity index is 1050. The minimum Gasteiger partial charge on any atom is -0.469 e. The van der Waals surface area contributed by atoms with Crippen LogP contribution in [-0.2, 0) is 9.53 Å². The molecule has 0 bridgehead atoms. The number of carbonyl (C=O) groups excluding carboxylic acids is 1. The molecular weight excluding hydrogens is 412 g/mol. The van der Waals surface area contributed by atoms with Gasteiger partial charge in [-0.25, -0.2) is 0 Å². The number of carbonyl (C=O) groups is 1. The summed E-state index contributed by atoms with van der Waals surface area (Å²) in [5.74, 6) is 1.98. The van der Waals surface area contributed by atoms with Crippen LogP contribution in [0.3, 0.4) is 0 Å². The maximum Gasteiger partial charge on any atom is 0.233 e. The fourth-order valence-corrected chi connectivity index (χ4v) is 5.42. The van der Waals surface area contributed by atoms with E-state index < -0.39 is 0 Å². The predicted octanol–water partition coefficient (Wildman–Crippen LogP) is 4.10. The summed E-state index contributed by atoms with van der Waals surface area (Å²) >= 11 is 1.43. The number of nitrogens with zero attached hydrogens (tertiary/aromatic N) is 4. The number of thioether (sulfide) groups is 1. The van der Waals surface area contributed by atoms with Gasteiger partial charge >= 0.3 is 0 Å². The second-order valence-corrected chi connectivity index (χ2v) is 8.95. The number of hydrogen-bond donors (Lipinski definition) is 0. The van der Waals surface area contributed by atoms with E-state index >= 15 is 0 Å². The van der Waals surface area contributed by atoms with Crippen molar-refractivity contribution in [2.75, 3.05) is 18.9 Å². The number of furan rings is 1. The van der Waals surface area contributed by atoms with Gasteiger partial charge in [-0.1, -0.05) is 42.8 Å². The van der Waals surface area contributed by atoms with Crippen molar-refractivity contribution in [3.63, 3.8) is 0 Å². The second kappa shape index (κ2) is 8.88. The molecule has 162 valence electrons. The molecule has 0 spiro atoms. The van der Waals surface area contributed by atoms with E-state index in [9.17, 15) is 4.79 Å². The lowest BCUT2D eigenvalue weighted by Gasteiger charge is -2.43. The Kier molecular flexibility index (Phi) is 5.82. The van der Waals surface area contributed by atoms with Gasteiger partial charge in [-0.15, -0.1) is 10.2 Å². The van der Waals surface area contributed by atoms with Gasteiger partial charge in [0.05, 0.1) is 36.3 Å². The van der Waals surface area contributed by atoms with Crippen LogP contribution in [0.25, 0.3) is 17.1 Å². The largest absolute Gasteiger partial charge is 0.469 e. The zero-order valence-corrected chi connectivity index (χ0v) is 18.4. The quantitative estimate of drug-likeness (QED) is 0.559. The van der Waals surface area contributed by atoms with Crippen molar-refractivity contribution < 1.29 is 13.9 Å². The first-order valence-corrected chi connectivity index (χ1v) is 11.8. The van der Waals surface area contributed by atoms with Gasteiger partial charge < -0.3 is 14.1 Å². The molecule has 1 amide bonds. The number of para-hydroxylation sites is 1. The molecule has 2 aliphatic rings. The first-order valence-electron chi connectivity index (χ1n) is 10.8. The van der Waals surface area contributed by atoms with Crippen LogP contribution in [0, 0.1) is 6.92 Å². The standard InChI is InChI=1S/C23H26N4O3S/c1-16-18(11-13-29-16)22-24-25-23(27(22)17-7-3-2-4-8-17)31-15-21(28)26-12-14-30-20-10-6-5-9-19(20)26/h2-4,7-8,11,13,19-20H,5-6,9-10,12,14-15H2,1H3. The number of benzene rings is 1. The van der Waals surface area contributed by atoms with E-state index in [1.54, 1.807) is 6.26 Å². The first-order chi connectivity index (χ1) is 15.2. The fourth-order valence-electron chi connectivity index (χ4n) is 4.58. The summed E-state index contributed by atoms with van der Waals surface area (Å²) in [5.41, 5.74) is 1.85. The number of hydrogen-bond acceptors (Lipinski definition) is 6. The monoisotopic (exact) mass is 438 g/mol. The van der Waals surface area contributed by atoms with Crippen molar-refractivity contribution in [2.45, 2.75) is 49.9 Å². The van der Waals surface area contributed by atoms with E-state index in [0.717, 1.165) is 36.3 Å². The average Bonchev–Trinajstić information content (AvgIpc) is 3.43. The molecule has 0 radical (unpaired) electrons. The smallest absolute Gasteiger partial charge is 0.233 e. The van der Waals surface area contributed by atoms with Crippen LogP contribution in [0.1, 0.15) is 31.4 Å². The minimum atomic E-state index is 0.147. The van der Waals surface area contributed by atoms with E-state index in [1.807, 2.05) is 52.8 Å². The van der Waals surface area contributed by atoms with Crippen LogP contribution in [-0.4, -0.2) is 56.6 Å². The van der Waals surface area contributed by atoms with Crippen LogP contribution >= 0.6 is 11.8 Å². The highest BCUT2D eigenvalue weighted by Gasteiger charge is 2.36. The minimum absolute atomic E-state index is 0.147. The molecule has 2 unspecified atom stereocenters. The third-order valence-electron chi connectivity index (χ3n) is 6.12. The summed E-state index contributed by atoms with van der Waals surface area (Å²) < 4.78 is 13.4. The molecule has 31 heavy (non-hydrogen) atoms. The number of aromatic nitrogens is 3. The molecule has 8 heteroatoms. The fraction of sp³-hybridized carbons (Fsp3) is 0.435. The number of aryl methyl sites for hydroxylation is 1. The predicted molar refractivity (Wildman–Crippen MR) is 118 cm³/mol. The molecule has 2 atom stereocenters. The summed E-state index contributed by atoms with van der Waals surface area (Å²) in [6, 6.07) is 12.1. The maximum atomic E-state index is 13.1.